The number of nitrogens with zero attached hydrogens (tertiary/aromatic N) is 1. The fraction of sp³-hybridized carbons (Fsp3) is 0.400. The molecule has 1 N–H and O–H groups in total. The molecular weight excluding hydrogens is 226 g/mol. The fourth-order valence-corrected chi connectivity index (χ4v) is 2.17. The van der Waals surface area contributed by atoms with Crippen LogP contribution in [0.15, 0.2) is 36.5 Å². The highest BCUT2D eigenvalue weighted by atomic mass is 16.5. The summed E-state index contributed by atoms with van der Waals surface area (Å²) in [5.74, 6) is 0. The van der Waals surface area contributed by atoms with Crippen LogP contribution in [0.25, 0.3) is 10.9 Å². The molecule has 3 nitrogen and oxygen atoms in total. The molecule has 96 valence electrons. The van der Waals surface area contributed by atoms with E-state index in [9.17, 15) is 5.11 Å². The lowest BCUT2D eigenvalue weighted by atomic mass is 9.99. The first-order valence-electron chi connectivity index (χ1n) is 6.31. The molecule has 1 heterocycles. The van der Waals surface area contributed by atoms with Crippen molar-refractivity contribution in [2.24, 2.45) is 0 Å². The summed E-state index contributed by atoms with van der Waals surface area (Å²) in [5.41, 5.74) is 1.77. The third kappa shape index (κ3) is 2.68. The molecule has 3 heteroatoms. The number of aromatic nitrogens is 1. The van der Waals surface area contributed by atoms with Crippen molar-refractivity contribution in [2.45, 2.75) is 32.0 Å². The zero-order chi connectivity index (χ0) is 13.0. The minimum absolute atomic E-state index is 0.156. The van der Waals surface area contributed by atoms with E-state index in [0.29, 0.717) is 0 Å². The van der Waals surface area contributed by atoms with Gasteiger partial charge in [-0.25, -0.2) is 0 Å². The first-order chi connectivity index (χ1) is 8.76. The first-order valence-corrected chi connectivity index (χ1v) is 6.31. The summed E-state index contributed by atoms with van der Waals surface area (Å²) in [7, 11) is 1.64. The van der Waals surface area contributed by atoms with Gasteiger partial charge in [-0.3, -0.25) is 4.98 Å². The van der Waals surface area contributed by atoms with Gasteiger partial charge in [0.05, 0.1) is 11.6 Å². The Balaban J connectivity index is 2.29. The van der Waals surface area contributed by atoms with Crippen molar-refractivity contribution < 1.29 is 9.84 Å². The number of methoxy groups -OCH3 is 1. The van der Waals surface area contributed by atoms with Crippen molar-refractivity contribution >= 4 is 10.9 Å². The summed E-state index contributed by atoms with van der Waals surface area (Å²) in [6, 6.07) is 9.78. The van der Waals surface area contributed by atoms with Gasteiger partial charge in [-0.15, -0.1) is 0 Å². The molecular formula is C15H19NO2. The summed E-state index contributed by atoms with van der Waals surface area (Å²) in [5, 5.41) is 11.4. The number of fused-ring (bicyclic) bond motifs is 1. The number of rotatable bonds is 5. The molecule has 0 aliphatic carbocycles. The van der Waals surface area contributed by atoms with E-state index in [0.717, 1.165) is 29.3 Å². The molecule has 0 amide bonds. The Morgan fingerprint density at radius 2 is 2.17 bits per heavy atom. The van der Waals surface area contributed by atoms with Crippen molar-refractivity contribution in [3.05, 3.63) is 42.1 Å². The van der Waals surface area contributed by atoms with Crippen molar-refractivity contribution in [1.82, 2.24) is 4.98 Å². The molecule has 0 radical (unpaired) electrons. The van der Waals surface area contributed by atoms with E-state index >= 15 is 0 Å². The molecule has 2 atom stereocenters. The summed E-state index contributed by atoms with van der Waals surface area (Å²) < 4.78 is 5.35. The zero-order valence-electron chi connectivity index (χ0n) is 10.8. The molecule has 0 bridgehead atoms. The molecule has 1 aromatic heterocycles. The standard InChI is InChI=1S/C15H19NO2/c1-3-5-14(18-2)15(17)12-8-7-11-6-4-9-16-13(11)10-12/h4,6-10,14-15,17H,3,5H2,1-2H3. The van der Waals surface area contributed by atoms with Gasteiger partial charge in [0.2, 0.25) is 0 Å². The topological polar surface area (TPSA) is 42.4 Å². The van der Waals surface area contributed by atoms with Crippen molar-refractivity contribution in [2.75, 3.05) is 7.11 Å². The lowest BCUT2D eigenvalue weighted by Gasteiger charge is -2.21. The Morgan fingerprint density at radius 3 is 2.89 bits per heavy atom. The number of hydrogen-bond acceptors (Lipinski definition) is 3. The van der Waals surface area contributed by atoms with E-state index in [4.69, 9.17) is 4.74 Å². The molecule has 0 aliphatic rings. The van der Waals surface area contributed by atoms with Gasteiger partial charge in [0.15, 0.2) is 0 Å². The van der Waals surface area contributed by atoms with Crippen LogP contribution in [0.3, 0.4) is 0 Å². The zero-order valence-corrected chi connectivity index (χ0v) is 10.8. The normalized spacial score (nSPS) is 14.6. The molecule has 0 spiro atoms. The number of hydrogen-bond donors (Lipinski definition) is 1. The Kier molecular flexibility index (Phi) is 4.28. The lowest BCUT2D eigenvalue weighted by molar-refractivity contribution is -0.0179. The largest absolute Gasteiger partial charge is 0.386 e. The van der Waals surface area contributed by atoms with Gasteiger partial charge in [-0.1, -0.05) is 31.5 Å². The van der Waals surface area contributed by atoms with E-state index < -0.39 is 6.10 Å². The van der Waals surface area contributed by atoms with Gasteiger partial charge in [0, 0.05) is 18.7 Å². The van der Waals surface area contributed by atoms with Gasteiger partial charge < -0.3 is 9.84 Å². The molecule has 2 aromatic rings. The van der Waals surface area contributed by atoms with Crippen LogP contribution >= 0.6 is 0 Å². The Morgan fingerprint density at radius 1 is 1.33 bits per heavy atom. The summed E-state index contributed by atoms with van der Waals surface area (Å²) in [6.07, 6.45) is 2.84. The highest BCUT2D eigenvalue weighted by Crippen LogP contribution is 2.24. The van der Waals surface area contributed by atoms with E-state index in [1.54, 1.807) is 13.3 Å². The molecule has 0 aliphatic heterocycles. The van der Waals surface area contributed by atoms with Crippen molar-refractivity contribution in [1.29, 1.82) is 0 Å². The van der Waals surface area contributed by atoms with Crippen LogP contribution < -0.4 is 0 Å². The monoisotopic (exact) mass is 245 g/mol. The molecule has 18 heavy (non-hydrogen) atoms. The van der Waals surface area contributed by atoms with E-state index in [-0.39, 0.29) is 6.10 Å². The first kappa shape index (κ1) is 13.0. The smallest absolute Gasteiger partial charge is 0.105 e. The maximum absolute atomic E-state index is 10.3. The van der Waals surface area contributed by atoms with Crippen molar-refractivity contribution in [3.8, 4) is 0 Å². The van der Waals surface area contributed by atoms with Gasteiger partial charge >= 0.3 is 0 Å². The number of pyridine rings is 1. The summed E-state index contributed by atoms with van der Waals surface area (Å²) in [4.78, 5) is 4.30. The lowest BCUT2D eigenvalue weighted by Crippen LogP contribution is -2.20. The predicted octanol–water partition coefficient (Wildman–Crippen LogP) is 3.08. The quantitative estimate of drug-likeness (QED) is 0.880. The Bertz CT molecular complexity index is 513. The van der Waals surface area contributed by atoms with Gasteiger partial charge in [-0.05, 0) is 24.1 Å². The second-order valence-corrected chi connectivity index (χ2v) is 4.46. The molecule has 2 unspecified atom stereocenters. The van der Waals surface area contributed by atoms with Crippen LogP contribution in [0.4, 0.5) is 0 Å². The second-order valence-electron chi connectivity index (χ2n) is 4.46. The third-order valence-corrected chi connectivity index (χ3v) is 3.20. The average molecular weight is 245 g/mol. The van der Waals surface area contributed by atoms with Crippen LogP contribution in [0.5, 0.6) is 0 Å². The van der Waals surface area contributed by atoms with Crippen LogP contribution in [0, 0.1) is 0 Å². The molecule has 1 aromatic carbocycles. The number of ether oxygens (including phenoxy) is 1. The fourth-order valence-electron chi connectivity index (χ4n) is 2.17. The van der Waals surface area contributed by atoms with E-state index in [2.05, 4.69) is 11.9 Å². The van der Waals surface area contributed by atoms with Crippen LogP contribution in [-0.4, -0.2) is 23.3 Å². The number of benzene rings is 1. The highest BCUT2D eigenvalue weighted by Gasteiger charge is 2.19. The number of aliphatic hydroxyl groups is 1. The highest BCUT2D eigenvalue weighted by molar-refractivity contribution is 5.78. The Hall–Kier alpha value is -1.45. The van der Waals surface area contributed by atoms with E-state index in [1.165, 1.54) is 0 Å². The van der Waals surface area contributed by atoms with Gasteiger partial charge in [0.25, 0.3) is 0 Å². The van der Waals surface area contributed by atoms with E-state index in [1.807, 2.05) is 30.3 Å². The number of aliphatic hydroxyl groups excluding tert-OH is 1. The van der Waals surface area contributed by atoms with Crippen LogP contribution in [-0.2, 0) is 4.74 Å². The van der Waals surface area contributed by atoms with Crippen molar-refractivity contribution in [3.63, 3.8) is 0 Å². The van der Waals surface area contributed by atoms with Crippen LogP contribution in [0.2, 0.25) is 0 Å². The molecule has 0 saturated carbocycles. The van der Waals surface area contributed by atoms with Gasteiger partial charge in [-0.2, -0.15) is 0 Å². The maximum atomic E-state index is 10.3. The summed E-state index contributed by atoms with van der Waals surface area (Å²) in [6.45, 7) is 2.08. The molecule has 0 saturated heterocycles. The Labute approximate surface area is 107 Å². The molecule has 0 fully saturated rings. The molecule has 2 rings (SSSR count). The minimum atomic E-state index is -0.596. The minimum Gasteiger partial charge on any atom is -0.386 e. The van der Waals surface area contributed by atoms with Gasteiger partial charge in [0.1, 0.15) is 6.10 Å². The average Bonchev–Trinajstić information content (AvgIpc) is 2.43. The summed E-state index contributed by atoms with van der Waals surface area (Å²) >= 11 is 0. The maximum Gasteiger partial charge on any atom is 0.105 e. The predicted molar refractivity (Wildman–Crippen MR) is 72.4 cm³/mol. The van der Waals surface area contributed by atoms with Crippen LogP contribution in [0.1, 0.15) is 31.4 Å². The third-order valence-electron chi connectivity index (χ3n) is 3.20. The second kappa shape index (κ2) is 5.94. The SMILES string of the molecule is CCCC(OC)C(O)c1ccc2cccnc2c1.